The number of nitrogens with zero attached hydrogens (tertiary/aromatic N) is 3. The van der Waals surface area contributed by atoms with Crippen LogP contribution >= 0.6 is 0 Å². The second-order valence-corrected chi connectivity index (χ2v) is 7.06. The minimum absolute atomic E-state index is 0.195. The van der Waals surface area contributed by atoms with Crippen LogP contribution in [0.4, 0.5) is 0 Å². The van der Waals surface area contributed by atoms with Gasteiger partial charge in [0.1, 0.15) is 23.1 Å². The lowest BCUT2D eigenvalue weighted by Gasteiger charge is -2.09. The highest BCUT2D eigenvalue weighted by Crippen LogP contribution is 2.22. The van der Waals surface area contributed by atoms with E-state index in [1.54, 1.807) is 60.9 Å². The number of hydrogen-bond acceptors (Lipinski definition) is 5. The Morgan fingerprint density at radius 1 is 0.938 bits per heavy atom. The number of ether oxygens (including phenoxy) is 1. The first-order valence-electron chi connectivity index (χ1n) is 9.91. The second-order valence-electron chi connectivity index (χ2n) is 7.06. The third-order valence-electron chi connectivity index (χ3n) is 4.83. The molecule has 0 atom stereocenters. The molecule has 0 saturated carbocycles. The predicted octanol–water partition coefficient (Wildman–Crippen LogP) is 3.40. The van der Waals surface area contributed by atoms with Crippen LogP contribution in [0, 0.1) is 6.92 Å². The van der Waals surface area contributed by atoms with Crippen molar-refractivity contribution in [2.24, 2.45) is 5.73 Å². The van der Waals surface area contributed by atoms with Gasteiger partial charge < -0.3 is 15.8 Å². The molecule has 2 heterocycles. The van der Waals surface area contributed by atoms with Crippen molar-refractivity contribution in [2.75, 3.05) is 0 Å². The first-order valence-corrected chi connectivity index (χ1v) is 9.91. The highest BCUT2D eigenvalue weighted by Gasteiger charge is 2.08. The first kappa shape index (κ1) is 20.8. The molecule has 2 amide bonds. The lowest BCUT2D eigenvalue weighted by atomic mass is 10.2. The molecule has 0 aliphatic heterocycles. The van der Waals surface area contributed by atoms with E-state index in [2.05, 4.69) is 15.3 Å². The third-order valence-corrected chi connectivity index (χ3v) is 4.83. The normalized spacial score (nSPS) is 10.5. The van der Waals surface area contributed by atoms with Gasteiger partial charge in [-0.1, -0.05) is 0 Å². The van der Waals surface area contributed by atoms with Gasteiger partial charge in [-0.2, -0.15) is 0 Å². The minimum Gasteiger partial charge on any atom is -0.457 e. The van der Waals surface area contributed by atoms with E-state index in [1.165, 1.54) is 0 Å². The smallest absolute Gasteiger partial charge is 0.251 e. The molecule has 0 fully saturated rings. The van der Waals surface area contributed by atoms with Gasteiger partial charge in [-0.3, -0.25) is 14.2 Å². The molecule has 160 valence electrons. The molecule has 3 N–H and O–H groups in total. The largest absolute Gasteiger partial charge is 0.457 e. The van der Waals surface area contributed by atoms with Crippen LogP contribution in [0.1, 0.15) is 32.1 Å². The summed E-state index contributed by atoms with van der Waals surface area (Å²) in [6, 6.07) is 17.1. The number of aromatic nitrogens is 3. The van der Waals surface area contributed by atoms with Gasteiger partial charge >= 0.3 is 0 Å². The Morgan fingerprint density at radius 3 is 2.19 bits per heavy atom. The SMILES string of the molecule is Cc1nccn1-c1cc(CNC(=O)c2ccc(Oc3ccc(C(N)=O)cc3)cc2)ccn1. The Kier molecular flexibility index (Phi) is 5.94. The van der Waals surface area contributed by atoms with E-state index in [0.717, 1.165) is 17.2 Å². The number of aryl methyl sites for hydroxylation is 1. The van der Waals surface area contributed by atoms with Crippen molar-refractivity contribution < 1.29 is 14.3 Å². The monoisotopic (exact) mass is 427 g/mol. The molecule has 0 aliphatic rings. The van der Waals surface area contributed by atoms with Crippen molar-refractivity contribution >= 4 is 11.8 Å². The number of hydrogen-bond donors (Lipinski definition) is 2. The zero-order valence-corrected chi connectivity index (χ0v) is 17.4. The van der Waals surface area contributed by atoms with E-state index in [4.69, 9.17) is 10.5 Å². The van der Waals surface area contributed by atoms with E-state index >= 15 is 0 Å². The number of imidazole rings is 1. The molecule has 8 nitrogen and oxygen atoms in total. The molecule has 8 heteroatoms. The maximum atomic E-state index is 12.5. The summed E-state index contributed by atoms with van der Waals surface area (Å²) in [7, 11) is 0. The van der Waals surface area contributed by atoms with E-state index in [-0.39, 0.29) is 5.91 Å². The molecule has 0 saturated heterocycles. The van der Waals surface area contributed by atoms with Crippen LogP contribution in [0.2, 0.25) is 0 Å². The second kappa shape index (κ2) is 9.13. The Morgan fingerprint density at radius 2 is 1.59 bits per heavy atom. The fraction of sp³-hybridized carbons (Fsp3) is 0.0833. The maximum Gasteiger partial charge on any atom is 0.251 e. The Balaban J connectivity index is 1.36. The van der Waals surface area contributed by atoms with E-state index < -0.39 is 5.91 Å². The number of amides is 2. The van der Waals surface area contributed by atoms with Crippen molar-refractivity contribution in [3.63, 3.8) is 0 Å². The molecule has 0 bridgehead atoms. The highest BCUT2D eigenvalue weighted by atomic mass is 16.5. The Bertz CT molecular complexity index is 1250. The Labute approximate surface area is 184 Å². The van der Waals surface area contributed by atoms with Crippen molar-refractivity contribution in [3.8, 4) is 17.3 Å². The topological polar surface area (TPSA) is 112 Å². The van der Waals surface area contributed by atoms with Crippen molar-refractivity contribution in [1.29, 1.82) is 0 Å². The fourth-order valence-corrected chi connectivity index (χ4v) is 3.10. The summed E-state index contributed by atoms with van der Waals surface area (Å²) in [5, 5.41) is 2.91. The summed E-state index contributed by atoms with van der Waals surface area (Å²) in [4.78, 5) is 32.2. The predicted molar refractivity (Wildman–Crippen MR) is 119 cm³/mol. The molecule has 4 rings (SSSR count). The number of nitrogens with two attached hydrogens (primary N) is 1. The average molecular weight is 427 g/mol. The molecule has 0 radical (unpaired) electrons. The quantitative estimate of drug-likeness (QED) is 0.469. The average Bonchev–Trinajstić information content (AvgIpc) is 3.24. The number of carbonyl (C=O) groups is 2. The molecule has 4 aromatic rings. The van der Waals surface area contributed by atoms with Gasteiger partial charge in [-0.05, 0) is 73.2 Å². The number of carbonyl (C=O) groups excluding carboxylic acids is 2. The first-order chi connectivity index (χ1) is 15.5. The Hall–Kier alpha value is -4.46. The molecular weight excluding hydrogens is 406 g/mol. The van der Waals surface area contributed by atoms with Gasteiger partial charge in [-0.25, -0.2) is 9.97 Å². The van der Waals surface area contributed by atoms with Gasteiger partial charge in [0.05, 0.1) is 0 Å². The highest BCUT2D eigenvalue weighted by molar-refractivity contribution is 5.94. The molecule has 0 aliphatic carbocycles. The standard InChI is InChI=1S/C24H21N5O3/c1-16-26-12-13-29(16)22-14-17(10-11-27-22)15-28-24(31)19-4-8-21(9-5-19)32-20-6-2-18(3-7-20)23(25)30/h2-14H,15H2,1H3,(H2,25,30)(H,28,31). The summed E-state index contributed by atoms with van der Waals surface area (Å²) in [5.41, 5.74) is 7.08. The van der Waals surface area contributed by atoms with Crippen molar-refractivity contribution in [3.05, 3.63) is 102 Å². The lowest BCUT2D eigenvalue weighted by molar-refractivity contribution is 0.0949. The molecule has 0 unspecified atom stereocenters. The minimum atomic E-state index is -0.494. The maximum absolute atomic E-state index is 12.5. The number of primary amides is 1. The summed E-state index contributed by atoms with van der Waals surface area (Å²) in [5.74, 6) is 2.03. The third kappa shape index (κ3) is 4.81. The summed E-state index contributed by atoms with van der Waals surface area (Å²) >= 11 is 0. The van der Waals surface area contributed by atoms with Crippen molar-refractivity contribution in [2.45, 2.75) is 13.5 Å². The number of nitrogens with one attached hydrogen (secondary N) is 1. The molecule has 2 aromatic heterocycles. The lowest BCUT2D eigenvalue weighted by Crippen LogP contribution is -2.22. The zero-order valence-electron chi connectivity index (χ0n) is 17.4. The van der Waals surface area contributed by atoms with E-state index in [0.29, 0.717) is 29.2 Å². The van der Waals surface area contributed by atoms with Crippen LogP contribution < -0.4 is 15.8 Å². The van der Waals surface area contributed by atoms with Gasteiger partial charge in [-0.15, -0.1) is 0 Å². The van der Waals surface area contributed by atoms with Crippen molar-refractivity contribution in [1.82, 2.24) is 19.9 Å². The van der Waals surface area contributed by atoms with Crippen LogP contribution in [-0.4, -0.2) is 26.3 Å². The van der Waals surface area contributed by atoms with Crippen LogP contribution in [0.25, 0.3) is 5.82 Å². The summed E-state index contributed by atoms with van der Waals surface area (Å²) in [6.45, 7) is 2.27. The molecule has 2 aromatic carbocycles. The molecule has 32 heavy (non-hydrogen) atoms. The van der Waals surface area contributed by atoms with Gasteiger partial charge in [0.15, 0.2) is 0 Å². The molecule has 0 spiro atoms. The summed E-state index contributed by atoms with van der Waals surface area (Å²) < 4.78 is 7.62. The number of benzene rings is 2. The van der Waals surface area contributed by atoms with Gasteiger partial charge in [0, 0.05) is 36.3 Å². The van der Waals surface area contributed by atoms with Gasteiger partial charge in [0.25, 0.3) is 5.91 Å². The van der Waals surface area contributed by atoms with Crippen LogP contribution in [0.3, 0.4) is 0 Å². The van der Waals surface area contributed by atoms with E-state index in [1.807, 2.05) is 29.8 Å². The van der Waals surface area contributed by atoms with Crippen LogP contribution in [0.5, 0.6) is 11.5 Å². The van der Waals surface area contributed by atoms with E-state index in [9.17, 15) is 9.59 Å². The van der Waals surface area contributed by atoms with Crippen LogP contribution in [0.15, 0.2) is 79.3 Å². The summed E-state index contributed by atoms with van der Waals surface area (Å²) in [6.07, 6.45) is 5.27. The number of rotatable bonds is 7. The zero-order chi connectivity index (χ0) is 22.5. The molecular formula is C24H21N5O3. The fourth-order valence-electron chi connectivity index (χ4n) is 3.10. The van der Waals surface area contributed by atoms with Gasteiger partial charge in [0.2, 0.25) is 5.91 Å². The number of pyridine rings is 1. The van der Waals surface area contributed by atoms with Crippen LogP contribution in [-0.2, 0) is 6.54 Å².